The Morgan fingerprint density at radius 2 is 2.00 bits per heavy atom. The summed E-state index contributed by atoms with van der Waals surface area (Å²) >= 11 is 0. The summed E-state index contributed by atoms with van der Waals surface area (Å²) in [6, 6.07) is 0. The maximum absolute atomic E-state index is 12.5. The minimum atomic E-state index is -0.439. The van der Waals surface area contributed by atoms with E-state index in [9.17, 15) is 9.59 Å². The number of hydrogen-bond acceptors (Lipinski definition) is 3. The molecule has 0 radical (unpaired) electrons. The SMILES string of the molecule is COC(=O)C12CCCC=C1[C@@]1(C)CCC(=O)C(C)=C1CC2. The van der Waals surface area contributed by atoms with E-state index in [1.807, 2.05) is 6.92 Å². The summed E-state index contributed by atoms with van der Waals surface area (Å²) in [6.45, 7) is 4.19. The molecular formula is C18H24O3. The average Bonchev–Trinajstić information content (AvgIpc) is 2.50. The van der Waals surface area contributed by atoms with E-state index in [2.05, 4.69) is 13.0 Å². The minimum Gasteiger partial charge on any atom is -0.468 e. The molecule has 0 heterocycles. The van der Waals surface area contributed by atoms with Gasteiger partial charge in [0.25, 0.3) is 0 Å². The van der Waals surface area contributed by atoms with Gasteiger partial charge in [-0.1, -0.05) is 18.6 Å². The van der Waals surface area contributed by atoms with Crippen LogP contribution in [-0.2, 0) is 14.3 Å². The van der Waals surface area contributed by atoms with Gasteiger partial charge in [-0.15, -0.1) is 0 Å². The van der Waals surface area contributed by atoms with Crippen molar-refractivity contribution in [3.63, 3.8) is 0 Å². The summed E-state index contributed by atoms with van der Waals surface area (Å²) in [4.78, 5) is 24.6. The van der Waals surface area contributed by atoms with E-state index in [-0.39, 0.29) is 17.2 Å². The Kier molecular flexibility index (Phi) is 3.34. The maximum Gasteiger partial charge on any atom is 0.315 e. The van der Waals surface area contributed by atoms with Gasteiger partial charge in [0.05, 0.1) is 12.5 Å². The molecule has 0 aromatic heterocycles. The van der Waals surface area contributed by atoms with Gasteiger partial charge in [0.1, 0.15) is 0 Å². The summed E-state index contributed by atoms with van der Waals surface area (Å²) in [5.41, 5.74) is 2.89. The van der Waals surface area contributed by atoms with Crippen LogP contribution in [-0.4, -0.2) is 18.9 Å². The van der Waals surface area contributed by atoms with Crippen molar-refractivity contribution in [3.05, 3.63) is 22.8 Å². The van der Waals surface area contributed by atoms with Crippen LogP contribution in [0, 0.1) is 10.8 Å². The fourth-order valence-electron chi connectivity index (χ4n) is 4.89. The molecule has 3 aliphatic rings. The molecule has 0 bridgehead atoms. The number of fused-ring (bicyclic) bond motifs is 3. The lowest BCUT2D eigenvalue weighted by Gasteiger charge is -2.52. The minimum absolute atomic E-state index is 0.0803. The van der Waals surface area contributed by atoms with Crippen molar-refractivity contribution in [2.45, 2.75) is 58.8 Å². The standard InChI is InChI=1S/C18H24O3/c1-12-13-7-11-18(16(20)21-3)9-5-4-6-15(18)17(13,2)10-8-14(12)19/h6H,4-5,7-11H2,1-3H3/t17-,18?/m0/s1. The monoisotopic (exact) mass is 288 g/mol. The van der Waals surface area contributed by atoms with Crippen LogP contribution in [0.1, 0.15) is 58.8 Å². The second kappa shape index (κ2) is 4.82. The largest absolute Gasteiger partial charge is 0.468 e. The van der Waals surface area contributed by atoms with Crippen LogP contribution in [0.2, 0.25) is 0 Å². The van der Waals surface area contributed by atoms with Gasteiger partial charge in [-0.05, 0) is 56.6 Å². The molecule has 2 atom stereocenters. The van der Waals surface area contributed by atoms with Crippen LogP contribution in [0.5, 0.6) is 0 Å². The number of carbonyl (C=O) groups is 2. The van der Waals surface area contributed by atoms with E-state index < -0.39 is 5.41 Å². The highest BCUT2D eigenvalue weighted by Gasteiger charge is 2.55. The molecule has 3 rings (SSSR count). The summed E-state index contributed by atoms with van der Waals surface area (Å²) in [7, 11) is 1.49. The van der Waals surface area contributed by atoms with Crippen molar-refractivity contribution >= 4 is 11.8 Å². The van der Waals surface area contributed by atoms with Gasteiger partial charge >= 0.3 is 5.97 Å². The van der Waals surface area contributed by atoms with Gasteiger partial charge < -0.3 is 4.74 Å². The Balaban J connectivity index is 2.15. The normalized spacial score (nSPS) is 35.8. The van der Waals surface area contributed by atoms with E-state index in [1.54, 1.807) is 0 Å². The quantitative estimate of drug-likeness (QED) is 0.545. The van der Waals surface area contributed by atoms with Gasteiger partial charge in [-0.25, -0.2) is 0 Å². The van der Waals surface area contributed by atoms with Crippen molar-refractivity contribution in [3.8, 4) is 0 Å². The maximum atomic E-state index is 12.5. The molecule has 0 spiro atoms. The molecule has 1 saturated carbocycles. The molecule has 1 fully saturated rings. The first-order valence-corrected chi connectivity index (χ1v) is 7.99. The third kappa shape index (κ3) is 1.86. The summed E-state index contributed by atoms with van der Waals surface area (Å²) in [5.74, 6) is 0.202. The Morgan fingerprint density at radius 3 is 2.71 bits per heavy atom. The van der Waals surface area contributed by atoms with Crippen LogP contribution >= 0.6 is 0 Å². The van der Waals surface area contributed by atoms with Crippen LogP contribution in [0.4, 0.5) is 0 Å². The summed E-state index contributed by atoms with van der Waals surface area (Å²) in [6.07, 6.45) is 8.31. The van der Waals surface area contributed by atoms with Crippen LogP contribution in [0.25, 0.3) is 0 Å². The molecule has 21 heavy (non-hydrogen) atoms. The first-order chi connectivity index (χ1) is 9.95. The second-order valence-corrected chi connectivity index (χ2v) is 6.94. The molecule has 3 nitrogen and oxygen atoms in total. The first-order valence-electron chi connectivity index (χ1n) is 7.99. The first kappa shape index (κ1) is 14.6. The molecule has 0 N–H and O–H groups in total. The molecule has 3 aliphatic carbocycles. The predicted molar refractivity (Wildman–Crippen MR) is 80.7 cm³/mol. The predicted octanol–water partition coefficient (Wildman–Crippen LogP) is 3.74. The number of hydrogen-bond donors (Lipinski definition) is 0. The number of carbonyl (C=O) groups excluding carboxylic acids is 2. The zero-order valence-electron chi connectivity index (χ0n) is 13.3. The van der Waals surface area contributed by atoms with E-state index in [0.717, 1.165) is 44.1 Å². The fraction of sp³-hybridized carbons (Fsp3) is 0.667. The molecule has 3 heteroatoms. The van der Waals surface area contributed by atoms with E-state index in [4.69, 9.17) is 4.74 Å². The molecular weight excluding hydrogens is 264 g/mol. The molecule has 0 saturated heterocycles. The Bertz CT molecular complexity index is 569. The third-order valence-corrected chi connectivity index (χ3v) is 6.03. The van der Waals surface area contributed by atoms with Crippen LogP contribution < -0.4 is 0 Å². The fourth-order valence-corrected chi connectivity index (χ4v) is 4.89. The van der Waals surface area contributed by atoms with Crippen molar-refractivity contribution in [1.29, 1.82) is 0 Å². The smallest absolute Gasteiger partial charge is 0.315 e. The van der Waals surface area contributed by atoms with Crippen LogP contribution in [0.3, 0.4) is 0 Å². The molecule has 0 aromatic carbocycles. The highest BCUT2D eigenvalue weighted by molar-refractivity contribution is 5.97. The Morgan fingerprint density at radius 1 is 1.24 bits per heavy atom. The van der Waals surface area contributed by atoms with Crippen molar-refractivity contribution in [2.24, 2.45) is 10.8 Å². The number of allylic oxidation sites excluding steroid dienone is 3. The number of rotatable bonds is 1. The number of ether oxygens (including phenoxy) is 1. The van der Waals surface area contributed by atoms with Crippen molar-refractivity contribution < 1.29 is 14.3 Å². The third-order valence-electron chi connectivity index (χ3n) is 6.03. The summed E-state index contributed by atoms with van der Waals surface area (Å²) in [5, 5.41) is 0. The van der Waals surface area contributed by atoms with E-state index in [1.165, 1.54) is 18.3 Å². The van der Waals surface area contributed by atoms with Gasteiger partial charge in [0.15, 0.2) is 5.78 Å². The second-order valence-electron chi connectivity index (χ2n) is 6.94. The van der Waals surface area contributed by atoms with Gasteiger partial charge in [0.2, 0.25) is 0 Å². The topological polar surface area (TPSA) is 43.4 Å². The van der Waals surface area contributed by atoms with Gasteiger partial charge in [0, 0.05) is 11.8 Å². The number of methoxy groups -OCH3 is 1. The van der Waals surface area contributed by atoms with Crippen molar-refractivity contribution in [2.75, 3.05) is 7.11 Å². The van der Waals surface area contributed by atoms with E-state index >= 15 is 0 Å². The number of ketones is 1. The molecule has 1 unspecified atom stereocenters. The van der Waals surface area contributed by atoms with E-state index in [0.29, 0.717) is 6.42 Å². The molecule has 0 amide bonds. The zero-order valence-corrected chi connectivity index (χ0v) is 13.3. The average molecular weight is 288 g/mol. The lowest BCUT2D eigenvalue weighted by atomic mass is 9.50. The lowest BCUT2D eigenvalue weighted by molar-refractivity contribution is -0.153. The van der Waals surface area contributed by atoms with Crippen molar-refractivity contribution in [1.82, 2.24) is 0 Å². The van der Waals surface area contributed by atoms with Gasteiger partial charge in [-0.2, -0.15) is 0 Å². The highest BCUT2D eigenvalue weighted by Crippen LogP contribution is 2.61. The molecule has 114 valence electrons. The number of Topliss-reactive ketones (excluding diaryl/α,β-unsaturated/α-hetero) is 1. The van der Waals surface area contributed by atoms with Crippen LogP contribution in [0.15, 0.2) is 22.8 Å². The lowest BCUT2D eigenvalue weighted by Crippen LogP contribution is -2.48. The Hall–Kier alpha value is -1.38. The highest BCUT2D eigenvalue weighted by atomic mass is 16.5. The summed E-state index contributed by atoms with van der Waals surface area (Å²) < 4.78 is 5.16. The molecule has 0 aromatic rings. The molecule has 0 aliphatic heterocycles. The number of esters is 1. The Labute approximate surface area is 126 Å². The van der Waals surface area contributed by atoms with Gasteiger partial charge in [-0.3, -0.25) is 9.59 Å². The zero-order chi connectivity index (χ0) is 15.3.